The van der Waals surface area contributed by atoms with Crippen LogP contribution in [0.1, 0.15) is 26.5 Å². The van der Waals surface area contributed by atoms with E-state index in [0.29, 0.717) is 17.5 Å². The standard InChI is InChI=1S/C21H26N4O3S/c1-13(2)11-25-8-7-16-10-17(5-6-18(16)25)22-20(26)12-29-15(4)21(27)23-19-9-14(3)28-24-19/h5-10,13,15H,11-12H2,1-4H3,(H,22,26)(H,23,24,27). The number of anilines is 2. The van der Waals surface area contributed by atoms with Crippen LogP contribution in [0.25, 0.3) is 10.9 Å². The van der Waals surface area contributed by atoms with Gasteiger partial charge < -0.3 is 19.7 Å². The summed E-state index contributed by atoms with van der Waals surface area (Å²) in [6.07, 6.45) is 2.07. The van der Waals surface area contributed by atoms with Crippen molar-refractivity contribution in [3.8, 4) is 0 Å². The molecule has 0 bridgehead atoms. The van der Waals surface area contributed by atoms with Gasteiger partial charge in [0, 0.05) is 35.4 Å². The molecule has 154 valence electrons. The van der Waals surface area contributed by atoms with Crippen LogP contribution >= 0.6 is 11.8 Å². The van der Waals surface area contributed by atoms with Crippen molar-refractivity contribution in [3.63, 3.8) is 0 Å². The molecule has 3 aromatic rings. The number of hydrogen-bond acceptors (Lipinski definition) is 5. The van der Waals surface area contributed by atoms with E-state index in [9.17, 15) is 9.59 Å². The fourth-order valence-electron chi connectivity index (χ4n) is 2.96. The molecular formula is C21H26N4O3S. The van der Waals surface area contributed by atoms with Gasteiger partial charge in [0.15, 0.2) is 5.82 Å². The van der Waals surface area contributed by atoms with Crippen molar-refractivity contribution in [2.45, 2.75) is 39.5 Å². The minimum atomic E-state index is -0.398. The van der Waals surface area contributed by atoms with Gasteiger partial charge in [0.2, 0.25) is 11.8 Å². The van der Waals surface area contributed by atoms with Gasteiger partial charge in [-0.05, 0) is 44.0 Å². The summed E-state index contributed by atoms with van der Waals surface area (Å²) >= 11 is 1.27. The highest BCUT2D eigenvalue weighted by Crippen LogP contribution is 2.22. The number of rotatable bonds is 8. The largest absolute Gasteiger partial charge is 0.360 e. The molecule has 1 atom stereocenters. The van der Waals surface area contributed by atoms with Gasteiger partial charge in [-0.3, -0.25) is 9.59 Å². The monoisotopic (exact) mass is 414 g/mol. The van der Waals surface area contributed by atoms with Crippen molar-refractivity contribution < 1.29 is 14.1 Å². The Morgan fingerprint density at radius 1 is 1.17 bits per heavy atom. The fraction of sp³-hybridized carbons (Fsp3) is 0.381. The molecule has 2 amide bonds. The van der Waals surface area contributed by atoms with E-state index in [4.69, 9.17) is 4.52 Å². The summed E-state index contributed by atoms with van der Waals surface area (Å²) in [5.74, 6) is 1.38. The summed E-state index contributed by atoms with van der Waals surface area (Å²) in [6.45, 7) is 8.84. The third kappa shape index (κ3) is 5.63. The van der Waals surface area contributed by atoms with Crippen LogP contribution in [0.5, 0.6) is 0 Å². The van der Waals surface area contributed by atoms with Crippen molar-refractivity contribution in [2.24, 2.45) is 5.92 Å². The van der Waals surface area contributed by atoms with Crippen molar-refractivity contribution in [1.29, 1.82) is 0 Å². The first-order chi connectivity index (χ1) is 13.8. The zero-order valence-electron chi connectivity index (χ0n) is 17.1. The molecule has 3 rings (SSSR count). The molecule has 0 saturated carbocycles. The number of carbonyl (C=O) groups is 2. The highest BCUT2D eigenvalue weighted by Gasteiger charge is 2.17. The second-order valence-corrected chi connectivity index (χ2v) is 8.78. The van der Waals surface area contributed by atoms with Crippen molar-refractivity contribution in [1.82, 2.24) is 9.72 Å². The maximum Gasteiger partial charge on any atom is 0.238 e. The van der Waals surface area contributed by atoms with Gasteiger partial charge in [-0.15, -0.1) is 11.8 Å². The van der Waals surface area contributed by atoms with Crippen molar-refractivity contribution >= 4 is 46.0 Å². The zero-order valence-corrected chi connectivity index (χ0v) is 17.9. The van der Waals surface area contributed by atoms with E-state index in [2.05, 4.69) is 46.5 Å². The average Bonchev–Trinajstić information content (AvgIpc) is 3.25. The number of amides is 2. The lowest BCUT2D eigenvalue weighted by molar-refractivity contribution is -0.115. The molecule has 0 fully saturated rings. The van der Waals surface area contributed by atoms with Gasteiger partial charge in [-0.25, -0.2) is 0 Å². The Bertz CT molecular complexity index is 1010. The number of aryl methyl sites for hydroxylation is 1. The second-order valence-electron chi connectivity index (χ2n) is 7.45. The van der Waals surface area contributed by atoms with E-state index in [-0.39, 0.29) is 17.6 Å². The SMILES string of the molecule is Cc1cc(NC(=O)C(C)SCC(=O)Nc2ccc3c(ccn3CC(C)C)c2)no1. The Kier molecular flexibility index (Phi) is 6.64. The van der Waals surface area contributed by atoms with Crippen LogP contribution in [-0.2, 0) is 16.1 Å². The smallest absolute Gasteiger partial charge is 0.238 e. The van der Waals surface area contributed by atoms with Crippen LogP contribution in [0.2, 0.25) is 0 Å². The van der Waals surface area contributed by atoms with E-state index in [1.54, 1.807) is 19.9 Å². The Labute approximate surface area is 174 Å². The molecule has 0 aliphatic heterocycles. The lowest BCUT2D eigenvalue weighted by Gasteiger charge is -2.11. The number of nitrogens with one attached hydrogen (secondary N) is 2. The molecule has 0 saturated heterocycles. The first-order valence-corrected chi connectivity index (χ1v) is 10.6. The molecule has 2 N–H and O–H groups in total. The molecule has 1 aromatic carbocycles. The molecule has 0 aliphatic rings. The molecule has 2 heterocycles. The third-order valence-electron chi connectivity index (χ3n) is 4.33. The molecular weight excluding hydrogens is 388 g/mol. The molecule has 7 nitrogen and oxygen atoms in total. The molecule has 0 spiro atoms. The Morgan fingerprint density at radius 3 is 2.66 bits per heavy atom. The summed E-state index contributed by atoms with van der Waals surface area (Å²) in [7, 11) is 0. The molecule has 0 aliphatic carbocycles. The van der Waals surface area contributed by atoms with Crippen LogP contribution in [0.3, 0.4) is 0 Å². The van der Waals surface area contributed by atoms with Gasteiger partial charge in [0.05, 0.1) is 11.0 Å². The minimum absolute atomic E-state index is 0.145. The van der Waals surface area contributed by atoms with Crippen LogP contribution in [0, 0.1) is 12.8 Å². The van der Waals surface area contributed by atoms with Crippen molar-refractivity contribution in [3.05, 3.63) is 42.3 Å². The van der Waals surface area contributed by atoms with E-state index in [1.165, 1.54) is 11.8 Å². The van der Waals surface area contributed by atoms with E-state index < -0.39 is 5.25 Å². The van der Waals surface area contributed by atoms with Gasteiger partial charge in [-0.2, -0.15) is 0 Å². The molecule has 2 aromatic heterocycles. The Hall–Kier alpha value is -2.74. The van der Waals surface area contributed by atoms with Crippen molar-refractivity contribution in [2.75, 3.05) is 16.4 Å². The Balaban J connectivity index is 1.51. The van der Waals surface area contributed by atoms with E-state index >= 15 is 0 Å². The summed E-state index contributed by atoms with van der Waals surface area (Å²) in [5, 5.41) is 10.0. The van der Waals surface area contributed by atoms with Crippen LogP contribution in [0.15, 0.2) is 41.1 Å². The molecule has 0 radical (unpaired) electrons. The quantitative estimate of drug-likeness (QED) is 0.574. The molecule has 8 heteroatoms. The highest BCUT2D eigenvalue weighted by atomic mass is 32.2. The predicted molar refractivity (Wildman–Crippen MR) is 117 cm³/mol. The second kappa shape index (κ2) is 9.17. The van der Waals surface area contributed by atoms with Gasteiger partial charge >= 0.3 is 0 Å². The number of fused-ring (bicyclic) bond motifs is 1. The van der Waals surface area contributed by atoms with E-state index in [0.717, 1.165) is 23.1 Å². The summed E-state index contributed by atoms with van der Waals surface area (Å²) in [5.41, 5.74) is 1.90. The lowest BCUT2D eigenvalue weighted by Crippen LogP contribution is -2.25. The van der Waals surface area contributed by atoms with Gasteiger partial charge in [0.1, 0.15) is 5.76 Å². The summed E-state index contributed by atoms with van der Waals surface area (Å²) in [4.78, 5) is 24.5. The number of nitrogens with zero attached hydrogens (tertiary/aromatic N) is 2. The average molecular weight is 415 g/mol. The number of thioether (sulfide) groups is 1. The third-order valence-corrected chi connectivity index (χ3v) is 5.47. The molecule has 1 unspecified atom stereocenters. The first-order valence-electron chi connectivity index (χ1n) is 9.56. The number of aromatic nitrogens is 2. The fourth-order valence-corrected chi connectivity index (χ4v) is 3.64. The maximum atomic E-state index is 12.3. The van der Waals surface area contributed by atoms with Gasteiger partial charge in [-0.1, -0.05) is 19.0 Å². The number of hydrogen-bond donors (Lipinski definition) is 2. The predicted octanol–water partition coefficient (Wildman–Crippen LogP) is 4.29. The van der Waals surface area contributed by atoms with Crippen LogP contribution < -0.4 is 10.6 Å². The first kappa shape index (κ1) is 21.0. The zero-order chi connectivity index (χ0) is 21.0. The Morgan fingerprint density at radius 2 is 1.97 bits per heavy atom. The normalized spacial score (nSPS) is 12.3. The lowest BCUT2D eigenvalue weighted by atomic mass is 10.2. The maximum absolute atomic E-state index is 12.3. The topological polar surface area (TPSA) is 89.2 Å². The van der Waals surface area contributed by atoms with Crippen LogP contribution in [0.4, 0.5) is 11.5 Å². The molecule has 29 heavy (non-hydrogen) atoms. The van der Waals surface area contributed by atoms with Crippen LogP contribution in [-0.4, -0.2) is 32.5 Å². The number of carbonyl (C=O) groups excluding carboxylic acids is 2. The minimum Gasteiger partial charge on any atom is -0.360 e. The number of benzene rings is 1. The summed E-state index contributed by atoms with van der Waals surface area (Å²) < 4.78 is 7.14. The van der Waals surface area contributed by atoms with Gasteiger partial charge in [0.25, 0.3) is 0 Å². The summed E-state index contributed by atoms with van der Waals surface area (Å²) in [6, 6.07) is 9.60. The van der Waals surface area contributed by atoms with E-state index in [1.807, 2.05) is 18.2 Å². The highest BCUT2D eigenvalue weighted by molar-refractivity contribution is 8.01.